The Balaban J connectivity index is 1.67. The van der Waals surface area contributed by atoms with Gasteiger partial charge in [0.25, 0.3) is 5.91 Å². The van der Waals surface area contributed by atoms with Crippen LogP contribution >= 0.6 is 11.3 Å². The molecule has 2 aromatic heterocycles. The molecule has 124 valence electrons. The average Bonchev–Trinajstić information content (AvgIpc) is 3.27. The maximum Gasteiger partial charge on any atom is 0.261 e. The van der Waals surface area contributed by atoms with Crippen LogP contribution in [0, 0.1) is 6.92 Å². The zero-order valence-electron chi connectivity index (χ0n) is 13.5. The summed E-state index contributed by atoms with van der Waals surface area (Å²) in [5, 5.41) is 2.01. The van der Waals surface area contributed by atoms with Gasteiger partial charge in [0.15, 0.2) is 6.61 Å². The van der Waals surface area contributed by atoms with Crippen LogP contribution in [-0.4, -0.2) is 17.4 Å². The highest BCUT2D eigenvalue weighted by atomic mass is 32.1. The van der Waals surface area contributed by atoms with E-state index < -0.39 is 0 Å². The van der Waals surface area contributed by atoms with E-state index >= 15 is 0 Å². The van der Waals surface area contributed by atoms with Crippen molar-refractivity contribution in [1.82, 2.24) is 4.90 Å². The quantitative estimate of drug-likeness (QED) is 0.645. The van der Waals surface area contributed by atoms with Crippen LogP contribution in [0.5, 0.6) is 5.75 Å². The molecule has 0 aliphatic rings. The van der Waals surface area contributed by atoms with Crippen LogP contribution in [0.3, 0.4) is 0 Å². The number of furan rings is 1. The average molecular weight is 341 g/mol. The third-order valence-corrected chi connectivity index (χ3v) is 4.54. The Bertz CT molecular complexity index is 730. The second-order valence-corrected chi connectivity index (χ2v) is 6.55. The summed E-state index contributed by atoms with van der Waals surface area (Å²) in [6.07, 6.45) is 3.28. The smallest absolute Gasteiger partial charge is 0.261 e. The van der Waals surface area contributed by atoms with Gasteiger partial charge in [-0.3, -0.25) is 4.79 Å². The summed E-state index contributed by atoms with van der Waals surface area (Å²) in [6, 6.07) is 13.6. The number of thiophene rings is 1. The molecular formula is C19H19NO3S. The third kappa shape index (κ3) is 4.26. The number of hydrogen-bond acceptors (Lipinski definition) is 4. The fraction of sp³-hybridized carbons (Fsp3) is 0.211. The van der Waals surface area contributed by atoms with Gasteiger partial charge in [-0.05, 0) is 36.1 Å². The molecule has 0 spiro atoms. The van der Waals surface area contributed by atoms with Gasteiger partial charge in [0.05, 0.1) is 19.1 Å². The first kappa shape index (κ1) is 16.3. The van der Waals surface area contributed by atoms with Gasteiger partial charge in [-0.1, -0.05) is 24.3 Å². The molecule has 0 unspecified atom stereocenters. The van der Waals surface area contributed by atoms with Gasteiger partial charge < -0.3 is 14.1 Å². The molecule has 0 atom stereocenters. The Hall–Kier alpha value is -2.53. The lowest BCUT2D eigenvalue weighted by molar-refractivity contribution is -0.134. The van der Waals surface area contributed by atoms with E-state index in [9.17, 15) is 4.79 Å². The molecule has 5 heteroatoms. The van der Waals surface area contributed by atoms with Crippen molar-refractivity contribution in [3.05, 3.63) is 76.4 Å². The second kappa shape index (κ2) is 7.84. The Morgan fingerprint density at radius 2 is 2.04 bits per heavy atom. The van der Waals surface area contributed by atoms with Crippen molar-refractivity contribution < 1.29 is 13.9 Å². The van der Waals surface area contributed by atoms with Gasteiger partial charge in [0.1, 0.15) is 5.75 Å². The number of hydrogen-bond donors (Lipinski definition) is 0. The number of amides is 1. The molecule has 4 nitrogen and oxygen atoms in total. The number of para-hydroxylation sites is 1. The number of carbonyl (C=O) groups excluding carboxylic acids is 1. The molecule has 24 heavy (non-hydrogen) atoms. The topological polar surface area (TPSA) is 42.7 Å². The maximum atomic E-state index is 12.7. The Morgan fingerprint density at radius 3 is 2.75 bits per heavy atom. The SMILES string of the molecule is Cc1ccccc1OCC(=O)N(Cc1ccoc1)Cc1cccs1. The Labute approximate surface area is 145 Å². The Kier molecular flexibility index (Phi) is 5.33. The summed E-state index contributed by atoms with van der Waals surface area (Å²) in [5.41, 5.74) is 1.99. The van der Waals surface area contributed by atoms with Crippen molar-refractivity contribution >= 4 is 17.2 Å². The van der Waals surface area contributed by atoms with E-state index in [1.165, 1.54) is 0 Å². The summed E-state index contributed by atoms with van der Waals surface area (Å²) >= 11 is 1.64. The molecule has 0 aliphatic carbocycles. The summed E-state index contributed by atoms with van der Waals surface area (Å²) in [4.78, 5) is 15.6. The fourth-order valence-corrected chi connectivity index (χ4v) is 3.09. The number of carbonyl (C=O) groups is 1. The molecule has 2 heterocycles. The molecule has 0 N–H and O–H groups in total. The van der Waals surface area contributed by atoms with Crippen molar-refractivity contribution in [1.29, 1.82) is 0 Å². The molecule has 0 aliphatic heterocycles. The molecule has 1 aromatic carbocycles. The van der Waals surface area contributed by atoms with Gasteiger partial charge in [-0.15, -0.1) is 11.3 Å². The van der Waals surface area contributed by atoms with E-state index in [2.05, 4.69) is 0 Å². The van der Waals surface area contributed by atoms with E-state index in [4.69, 9.17) is 9.15 Å². The van der Waals surface area contributed by atoms with Crippen molar-refractivity contribution in [3.63, 3.8) is 0 Å². The van der Waals surface area contributed by atoms with Gasteiger partial charge in [-0.25, -0.2) is 0 Å². The number of benzene rings is 1. The highest BCUT2D eigenvalue weighted by molar-refractivity contribution is 7.09. The monoisotopic (exact) mass is 341 g/mol. The normalized spacial score (nSPS) is 10.5. The van der Waals surface area contributed by atoms with Crippen LogP contribution in [-0.2, 0) is 17.9 Å². The number of rotatable bonds is 7. The third-order valence-electron chi connectivity index (χ3n) is 3.68. The van der Waals surface area contributed by atoms with Crippen LogP contribution < -0.4 is 4.74 Å². The maximum absolute atomic E-state index is 12.7. The minimum Gasteiger partial charge on any atom is -0.484 e. The lowest BCUT2D eigenvalue weighted by atomic mass is 10.2. The van der Waals surface area contributed by atoms with E-state index in [-0.39, 0.29) is 12.5 Å². The summed E-state index contributed by atoms with van der Waals surface area (Å²) in [6.45, 7) is 3.06. The second-order valence-electron chi connectivity index (χ2n) is 5.51. The van der Waals surface area contributed by atoms with Gasteiger partial charge in [0.2, 0.25) is 0 Å². The lowest BCUT2D eigenvalue weighted by Crippen LogP contribution is -2.33. The molecular weight excluding hydrogens is 322 g/mol. The van der Waals surface area contributed by atoms with Gasteiger partial charge in [-0.2, -0.15) is 0 Å². The highest BCUT2D eigenvalue weighted by Gasteiger charge is 2.17. The summed E-state index contributed by atoms with van der Waals surface area (Å²) in [7, 11) is 0. The molecule has 0 radical (unpaired) electrons. The molecule has 3 aromatic rings. The van der Waals surface area contributed by atoms with Crippen molar-refractivity contribution in [2.24, 2.45) is 0 Å². The standard InChI is InChI=1S/C19H19NO3S/c1-15-5-2-3-7-18(15)23-14-19(21)20(11-16-8-9-22-13-16)12-17-6-4-10-24-17/h2-10,13H,11-12,14H2,1H3. The zero-order valence-corrected chi connectivity index (χ0v) is 14.3. The summed E-state index contributed by atoms with van der Waals surface area (Å²) < 4.78 is 10.8. The predicted molar refractivity (Wildman–Crippen MR) is 94.0 cm³/mol. The largest absolute Gasteiger partial charge is 0.484 e. The molecule has 0 saturated carbocycles. The van der Waals surface area contributed by atoms with Crippen LogP contribution in [0.4, 0.5) is 0 Å². The highest BCUT2D eigenvalue weighted by Crippen LogP contribution is 2.18. The number of aryl methyl sites for hydroxylation is 1. The van der Waals surface area contributed by atoms with Crippen LogP contribution in [0.1, 0.15) is 16.0 Å². The van der Waals surface area contributed by atoms with Gasteiger partial charge >= 0.3 is 0 Å². The summed E-state index contributed by atoms with van der Waals surface area (Å²) in [5.74, 6) is 0.693. The lowest BCUT2D eigenvalue weighted by Gasteiger charge is -2.22. The van der Waals surface area contributed by atoms with E-state index in [1.54, 1.807) is 28.8 Å². The van der Waals surface area contributed by atoms with Crippen molar-refractivity contribution in [2.75, 3.05) is 6.61 Å². The van der Waals surface area contributed by atoms with Crippen LogP contribution in [0.2, 0.25) is 0 Å². The first-order chi connectivity index (χ1) is 11.7. The van der Waals surface area contributed by atoms with E-state index in [0.29, 0.717) is 13.1 Å². The van der Waals surface area contributed by atoms with Crippen molar-refractivity contribution in [3.8, 4) is 5.75 Å². The first-order valence-electron chi connectivity index (χ1n) is 7.72. The number of ether oxygens (including phenoxy) is 1. The molecule has 1 amide bonds. The molecule has 0 bridgehead atoms. The fourth-order valence-electron chi connectivity index (χ4n) is 2.38. The minimum atomic E-state index is -0.0483. The molecule has 3 rings (SSSR count). The minimum absolute atomic E-state index is 0.0219. The van der Waals surface area contributed by atoms with Crippen LogP contribution in [0.25, 0.3) is 0 Å². The molecule has 0 fully saturated rings. The predicted octanol–water partition coefficient (Wildman–Crippen LogP) is 4.26. The van der Waals surface area contributed by atoms with E-state index in [0.717, 1.165) is 21.8 Å². The van der Waals surface area contributed by atoms with Gasteiger partial charge in [0, 0.05) is 17.0 Å². The van der Waals surface area contributed by atoms with Crippen molar-refractivity contribution in [2.45, 2.75) is 20.0 Å². The first-order valence-corrected chi connectivity index (χ1v) is 8.60. The Morgan fingerprint density at radius 1 is 1.17 bits per heavy atom. The zero-order chi connectivity index (χ0) is 16.8. The van der Waals surface area contributed by atoms with E-state index in [1.807, 2.05) is 54.8 Å². The van der Waals surface area contributed by atoms with Crippen LogP contribution in [0.15, 0.2) is 64.8 Å². The number of nitrogens with zero attached hydrogens (tertiary/aromatic N) is 1. The molecule has 0 saturated heterocycles.